The van der Waals surface area contributed by atoms with Gasteiger partial charge in [-0.1, -0.05) is 0 Å². The van der Waals surface area contributed by atoms with Crippen molar-refractivity contribution in [2.45, 2.75) is 18.9 Å². The number of nitrogens with zero attached hydrogens (tertiary/aromatic N) is 1. The van der Waals surface area contributed by atoms with Gasteiger partial charge in [-0.15, -0.1) is 0 Å². The van der Waals surface area contributed by atoms with Gasteiger partial charge in [-0.25, -0.2) is 0 Å². The van der Waals surface area contributed by atoms with Crippen molar-refractivity contribution in [2.75, 3.05) is 19.6 Å². The summed E-state index contributed by atoms with van der Waals surface area (Å²) >= 11 is 0. The standard InChI is InChI=1S/C9H15N2.W/c1-2-10-9-7-11-5-3-8(9)4-6-11;/h8-10H,1,3-7H2;/q-1;/t9-;/m0./s1. The normalized spacial score (nSPS) is 38.5. The second-order valence-corrected chi connectivity index (χ2v) is 3.57. The van der Waals surface area contributed by atoms with Crippen molar-refractivity contribution >= 4 is 0 Å². The maximum Gasteiger partial charge on any atom is 0.0161 e. The molecule has 3 aliphatic heterocycles. The number of hydrogen-bond acceptors (Lipinski definition) is 2. The fraction of sp³-hybridized carbons (Fsp3) is 0.778. The van der Waals surface area contributed by atoms with Gasteiger partial charge in [-0.3, -0.25) is 6.58 Å². The first kappa shape index (κ1) is 10.3. The minimum absolute atomic E-state index is 0. The van der Waals surface area contributed by atoms with Gasteiger partial charge in [0, 0.05) is 33.7 Å². The molecule has 3 rings (SSSR count). The van der Waals surface area contributed by atoms with Crippen LogP contribution in [0, 0.1) is 12.1 Å². The summed E-state index contributed by atoms with van der Waals surface area (Å²) in [4.78, 5) is 2.52. The zero-order chi connectivity index (χ0) is 7.68. The van der Waals surface area contributed by atoms with Gasteiger partial charge in [0.05, 0.1) is 0 Å². The van der Waals surface area contributed by atoms with E-state index in [9.17, 15) is 0 Å². The van der Waals surface area contributed by atoms with Crippen LogP contribution < -0.4 is 5.32 Å². The van der Waals surface area contributed by atoms with E-state index in [1.807, 2.05) is 0 Å². The second kappa shape index (κ2) is 4.43. The van der Waals surface area contributed by atoms with Crippen molar-refractivity contribution < 1.29 is 21.1 Å². The van der Waals surface area contributed by atoms with Crippen molar-refractivity contribution in [2.24, 2.45) is 5.92 Å². The summed E-state index contributed by atoms with van der Waals surface area (Å²) in [6.07, 6.45) is 5.52. The molecule has 3 heterocycles. The summed E-state index contributed by atoms with van der Waals surface area (Å²) in [5.41, 5.74) is 0. The molecule has 0 amide bonds. The van der Waals surface area contributed by atoms with Gasteiger partial charge < -0.3 is 16.4 Å². The number of rotatable bonds is 2. The van der Waals surface area contributed by atoms with Gasteiger partial charge in [-0.05, 0) is 31.8 Å². The van der Waals surface area contributed by atoms with Crippen LogP contribution in [0.5, 0.6) is 0 Å². The third-order valence-corrected chi connectivity index (χ3v) is 2.94. The Hall–Kier alpha value is 0.188. The molecule has 1 N–H and O–H groups in total. The van der Waals surface area contributed by atoms with E-state index in [4.69, 9.17) is 0 Å². The molecule has 3 heteroatoms. The quantitative estimate of drug-likeness (QED) is 0.588. The van der Waals surface area contributed by atoms with Gasteiger partial charge >= 0.3 is 0 Å². The minimum Gasteiger partial charge on any atom is -0.564 e. The molecule has 1 atom stereocenters. The molecule has 0 aliphatic carbocycles. The van der Waals surface area contributed by atoms with E-state index >= 15 is 0 Å². The summed E-state index contributed by atoms with van der Waals surface area (Å²) < 4.78 is 0. The molecule has 2 bridgehead atoms. The Kier molecular flexibility index (Phi) is 3.79. The fourth-order valence-corrected chi connectivity index (χ4v) is 2.26. The molecule has 0 saturated carbocycles. The summed E-state index contributed by atoms with van der Waals surface area (Å²) in [5.74, 6) is 0.884. The average molecular weight is 335 g/mol. The van der Waals surface area contributed by atoms with Crippen LogP contribution in [0.2, 0.25) is 0 Å². The summed E-state index contributed by atoms with van der Waals surface area (Å²) in [6, 6.07) is 0.634. The minimum atomic E-state index is 0. The zero-order valence-corrected chi connectivity index (χ0v) is 10.2. The Morgan fingerprint density at radius 2 is 2.00 bits per heavy atom. The molecule has 3 fully saturated rings. The zero-order valence-electron chi connectivity index (χ0n) is 7.25. The Morgan fingerprint density at radius 1 is 1.33 bits per heavy atom. The van der Waals surface area contributed by atoms with Crippen LogP contribution in [0.1, 0.15) is 12.8 Å². The van der Waals surface area contributed by atoms with Crippen molar-refractivity contribution in [3.05, 3.63) is 12.8 Å². The van der Waals surface area contributed by atoms with E-state index < -0.39 is 0 Å². The molecule has 2 nitrogen and oxygen atoms in total. The van der Waals surface area contributed by atoms with Crippen molar-refractivity contribution in [1.29, 1.82) is 0 Å². The number of piperidine rings is 3. The van der Waals surface area contributed by atoms with E-state index in [0.717, 1.165) is 5.92 Å². The van der Waals surface area contributed by atoms with Crippen LogP contribution in [0.3, 0.4) is 0 Å². The van der Waals surface area contributed by atoms with Crippen LogP contribution in [-0.4, -0.2) is 30.6 Å². The van der Waals surface area contributed by atoms with E-state index in [2.05, 4.69) is 23.0 Å². The maximum absolute atomic E-state index is 3.58. The predicted octanol–water partition coefficient (Wildman–Crippen LogP) is 0.614. The fourth-order valence-electron chi connectivity index (χ4n) is 2.26. The SMILES string of the molecule is C=[C-]N[C@H]1CN2CCC1CC2.[W]. The van der Waals surface area contributed by atoms with Gasteiger partial charge in [0.1, 0.15) is 0 Å². The molecule has 0 unspecified atom stereocenters. The van der Waals surface area contributed by atoms with Gasteiger partial charge in [-0.2, -0.15) is 0 Å². The van der Waals surface area contributed by atoms with E-state index in [-0.39, 0.29) is 21.1 Å². The Bertz CT molecular complexity index is 153. The van der Waals surface area contributed by atoms with Crippen LogP contribution in [-0.2, 0) is 21.1 Å². The predicted molar refractivity (Wildman–Crippen MR) is 45.0 cm³/mol. The second-order valence-electron chi connectivity index (χ2n) is 3.57. The first-order valence-electron chi connectivity index (χ1n) is 4.40. The monoisotopic (exact) mass is 335 g/mol. The Labute approximate surface area is 88.7 Å². The largest absolute Gasteiger partial charge is 0.564 e. The number of hydrogen-bond donors (Lipinski definition) is 1. The van der Waals surface area contributed by atoms with E-state index in [0.29, 0.717) is 6.04 Å². The van der Waals surface area contributed by atoms with Gasteiger partial charge in [0.25, 0.3) is 0 Å². The molecular weight excluding hydrogens is 320 g/mol. The molecule has 0 aromatic carbocycles. The Balaban J connectivity index is 0.000000720. The molecule has 3 aliphatic rings. The van der Waals surface area contributed by atoms with Crippen LogP contribution in [0.15, 0.2) is 6.58 Å². The molecule has 0 spiro atoms. The van der Waals surface area contributed by atoms with E-state index in [1.54, 1.807) is 0 Å². The van der Waals surface area contributed by atoms with Gasteiger partial charge in [0.15, 0.2) is 0 Å². The van der Waals surface area contributed by atoms with Crippen molar-refractivity contribution in [3.8, 4) is 0 Å². The molecule has 68 valence electrons. The smallest absolute Gasteiger partial charge is 0.0161 e. The average Bonchev–Trinajstić information content (AvgIpc) is 2.07. The molecule has 3 saturated heterocycles. The van der Waals surface area contributed by atoms with Crippen LogP contribution in [0.25, 0.3) is 0 Å². The van der Waals surface area contributed by atoms with Crippen LogP contribution in [0.4, 0.5) is 0 Å². The van der Waals surface area contributed by atoms with Crippen molar-refractivity contribution in [3.63, 3.8) is 0 Å². The van der Waals surface area contributed by atoms with Crippen molar-refractivity contribution in [1.82, 2.24) is 10.2 Å². The summed E-state index contributed by atoms with van der Waals surface area (Å²) in [5, 5.41) is 3.21. The first-order valence-corrected chi connectivity index (χ1v) is 4.40. The number of fused-ring (bicyclic) bond motifs is 3. The molecule has 12 heavy (non-hydrogen) atoms. The molecule has 0 radical (unpaired) electrons. The van der Waals surface area contributed by atoms with Gasteiger partial charge in [0.2, 0.25) is 0 Å². The third kappa shape index (κ3) is 1.92. The summed E-state index contributed by atoms with van der Waals surface area (Å²) in [6.45, 7) is 7.40. The molecule has 0 aromatic rings. The van der Waals surface area contributed by atoms with E-state index in [1.165, 1.54) is 32.5 Å². The van der Waals surface area contributed by atoms with Crippen LogP contribution >= 0.6 is 0 Å². The molecular formula is C9H15N2W-. The topological polar surface area (TPSA) is 15.3 Å². The Morgan fingerprint density at radius 3 is 2.42 bits per heavy atom. The number of nitrogens with one attached hydrogen (secondary N) is 1. The molecule has 0 aromatic heterocycles. The maximum atomic E-state index is 3.58. The third-order valence-electron chi connectivity index (χ3n) is 2.94. The summed E-state index contributed by atoms with van der Waals surface area (Å²) in [7, 11) is 0. The first-order chi connectivity index (χ1) is 5.40.